The zero-order valence-electron chi connectivity index (χ0n) is 12.7. The van der Waals surface area contributed by atoms with Gasteiger partial charge in [0.15, 0.2) is 6.10 Å². The number of hydrogen-bond acceptors (Lipinski definition) is 5. The first-order valence-corrected chi connectivity index (χ1v) is 7.33. The lowest BCUT2D eigenvalue weighted by atomic mass is 10.2. The Kier molecular flexibility index (Phi) is 5.86. The summed E-state index contributed by atoms with van der Waals surface area (Å²) in [5.41, 5.74) is 2.47. The van der Waals surface area contributed by atoms with Crippen LogP contribution in [0.1, 0.15) is 12.5 Å². The van der Waals surface area contributed by atoms with Gasteiger partial charge in [0.25, 0.3) is 11.6 Å². The molecular weight excluding hydrogens is 334 g/mol. The van der Waals surface area contributed by atoms with Crippen molar-refractivity contribution in [3.63, 3.8) is 0 Å². The number of ether oxygens (including phenoxy) is 1. The second-order valence-corrected chi connectivity index (χ2v) is 5.20. The number of hydrogen-bond donors (Lipinski definition) is 1. The first-order chi connectivity index (χ1) is 11.5. The van der Waals surface area contributed by atoms with E-state index in [1.165, 1.54) is 18.3 Å². The summed E-state index contributed by atoms with van der Waals surface area (Å²) in [6.45, 7) is 1.55. The van der Waals surface area contributed by atoms with Crippen LogP contribution in [-0.2, 0) is 4.79 Å². The Morgan fingerprint density at radius 3 is 2.79 bits per heavy atom. The zero-order chi connectivity index (χ0) is 17.5. The molecule has 0 aliphatic carbocycles. The van der Waals surface area contributed by atoms with Crippen LogP contribution in [0.4, 0.5) is 5.69 Å². The number of halogens is 1. The average Bonchev–Trinajstić information content (AvgIpc) is 2.55. The highest BCUT2D eigenvalue weighted by Crippen LogP contribution is 2.18. The van der Waals surface area contributed by atoms with Gasteiger partial charge in [0.2, 0.25) is 0 Å². The van der Waals surface area contributed by atoms with Gasteiger partial charge in [-0.25, -0.2) is 5.43 Å². The standard InChI is InChI=1S/C16H14ClN3O4/c1-11(24-14-7-4-6-13(17)9-14)16(21)19-18-10-12-5-2-3-8-15(12)20(22)23/h2-11H,1H3,(H,19,21)/b18-10+. The molecule has 1 N–H and O–H groups in total. The number of rotatable bonds is 6. The van der Waals surface area contributed by atoms with Crippen molar-refractivity contribution in [2.75, 3.05) is 0 Å². The Morgan fingerprint density at radius 1 is 1.33 bits per heavy atom. The average molecular weight is 348 g/mol. The summed E-state index contributed by atoms with van der Waals surface area (Å²) in [7, 11) is 0. The highest BCUT2D eigenvalue weighted by Gasteiger charge is 2.14. The summed E-state index contributed by atoms with van der Waals surface area (Å²) in [6, 6.07) is 12.7. The van der Waals surface area contributed by atoms with Gasteiger partial charge in [-0.3, -0.25) is 14.9 Å². The van der Waals surface area contributed by atoms with Crippen LogP contribution >= 0.6 is 11.6 Å². The first kappa shape index (κ1) is 17.4. The van der Waals surface area contributed by atoms with Crippen molar-refractivity contribution in [1.82, 2.24) is 5.43 Å². The minimum atomic E-state index is -0.814. The number of amides is 1. The normalized spacial score (nSPS) is 11.9. The molecule has 0 aliphatic rings. The molecule has 2 rings (SSSR count). The lowest BCUT2D eigenvalue weighted by Crippen LogP contribution is -2.33. The van der Waals surface area contributed by atoms with Crippen molar-refractivity contribution in [2.45, 2.75) is 13.0 Å². The fraction of sp³-hybridized carbons (Fsp3) is 0.125. The van der Waals surface area contributed by atoms with Crippen LogP contribution < -0.4 is 10.2 Å². The minimum Gasteiger partial charge on any atom is -0.481 e. The Bertz CT molecular complexity index is 779. The van der Waals surface area contributed by atoms with Crippen molar-refractivity contribution in [3.05, 3.63) is 69.2 Å². The van der Waals surface area contributed by atoms with E-state index >= 15 is 0 Å². The van der Waals surface area contributed by atoms with E-state index < -0.39 is 16.9 Å². The summed E-state index contributed by atoms with van der Waals surface area (Å²) >= 11 is 5.84. The van der Waals surface area contributed by atoms with Gasteiger partial charge in [0.1, 0.15) is 5.75 Å². The summed E-state index contributed by atoms with van der Waals surface area (Å²) in [5, 5.41) is 15.1. The molecule has 0 aromatic heterocycles. The van der Waals surface area contributed by atoms with E-state index in [2.05, 4.69) is 10.5 Å². The third kappa shape index (κ3) is 4.79. The van der Waals surface area contributed by atoms with E-state index in [1.807, 2.05) is 0 Å². The van der Waals surface area contributed by atoms with Gasteiger partial charge in [-0.2, -0.15) is 5.10 Å². The van der Waals surface area contributed by atoms with E-state index in [0.29, 0.717) is 10.8 Å². The number of benzene rings is 2. The second kappa shape index (κ2) is 8.07. The van der Waals surface area contributed by atoms with Crippen LogP contribution in [0, 0.1) is 10.1 Å². The third-order valence-electron chi connectivity index (χ3n) is 2.99. The van der Waals surface area contributed by atoms with Crippen molar-refractivity contribution in [1.29, 1.82) is 0 Å². The Hall–Kier alpha value is -2.93. The molecule has 0 heterocycles. The van der Waals surface area contributed by atoms with Gasteiger partial charge < -0.3 is 4.74 Å². The monoisotopic (exact) mass is 347 g/mol. The molecule has 124 valence electrons. The number of carbonyl (C=O) groups is 1. The predicted molar refractivity (Wildman–Crippen MR) is 90.4 cm³/mol. The third-order valence-corrected chi connectivity index (χ3v) is 3.23. The Morgan fingerprint density at radius 2 is 2.08 bits per heavy atom. The SMILES string of the molecule is CC(Oc1cccc(Cl)c1)C(=O)N/N=C/c1ccccc1[N+](=O)[O-]. The molecule has 0 fully saturated rings. The zero-order valence-corrected chi connectivity index (χ0v) is 13.4. The lowest BCUT2D eigenvalue weighted by molar-refractivity contribution is -0.385. The number of nitro groups is 1. The maximum absolute atomic E-state index is 11.9. The molecule has 0 bridgehead atoms. The molecule has 0 spiro atoms. The molecule has 0 saturated carbocycles. The van der Waals surface area contributed by atoms with Crippen molar-refractivity contribution >= 4 is 29.4 Å². The van der Waals surface area contributed by atoms with Gasteiger partial charge in [-0.1, -0.05) is 29.8 Å². The van der Waals surface area contributed by atoms with E-state index in [-0.39, 0.29) is 11.3 Å². The van der Waals surface area contributed by atoms with Crippen LogP contribution in [0.2, 0.25) is 5.02 Å². The maximum atomic E-state index is 11.9. The van der Waals surface area contributed by atoms with E-state index in [0.717, 1.165) is 0 Å². The van der Waals surface area contributed by atoms with Crippen LogP contribution in [-0.4, -0.2) is 23.1 Å². The summed E-state index contributed by atoms with van der Waals surface area (Å²) in [6.07, 6.45) is 0.397. The first-order valence-electron chi connectivity index (χ1n) is 6.96. The molecule has 0 radical (unpaired) electrons. The van der Waals surface area contributed by atoms with E-state index in [4.69, 9.17) is 16.3 Å². The maximum Gasteiger partial charge on any atom is 0.280 e. The number of hydrazone groups is 1. The quantitative estimate of drug-likeness (QED) is 0.493. The molecule has 0 aliphatic heterocycles. The molecule has 2 aromatic carbocycles. The molecular formula is C16H14ClN3O4. The molecule has 1 atom stereocenters. The molecule has 1 amide bonds. The van der Waals surface area contributed by atoms with E-state index in [1.54, 1.807) is 43.3 Å². The van der Waals surface area contributed by atoms with Crippen LogP contribution in [0.3, 0.4) is 0 Å². The molecule has 0 saturated heterocycles. The molecule has 24 heavy (non-hydrogen) atoms. The molecule has 8 heteroatoms. The van der Waals surface area contributed by atoms with Gasteiger partial charge in [-0.05, 0) is 31.2 Å². The predicted octanol–water partition coefficient (Wildman–Crippen LogP) is 3.17. The lowest BCUT2D eigenvalue weighted by Gasteiger charge is -2.12. The molecule has 7 nitrogen and oxygen atoms in total. The van der Waals surface area contributed by atoms with Crippen molar-refractivity contribution < 1.29 is 14.5 Å². The fourth-order valence-electron chi connectivity index (χ4n) is 1.82. The Balaban J connectivity index is 1.96. The Labute approximate surface area is 143 Å². The second-order valence-electron chi connectivity index (χ2n) is 4.77. The van der Waals surface area contributed by atoms with Crippen LogP contribution in [0.15, 0.2) is 53.6 Å². The number of nitrogens with zero attached hydrogens (tertiary/aromatic N) is 2. The van der Waals surface area contributed by atoms with Gasteiger partial charge >= 0.3 is 0 Å². The summed E-state index contributed by atoms with van der Waals surface area (Å²) < 4.78 is 5.44. The molecule has 2 aromatic rings. The highest BCUT2D eigenvalue weighted by molar-refractivity contribution is 6.30. The molecule has 1 unspecified atom stereocenters. The summed E-state index contributed by atoms with van der Waals surface area (Å²) in [5.74, 6) is -0.0439. The van der Waals surface area contributed by atoms with Crippen LogP contribution in [0.25, 0.3) is 0 Å². The van der Waals surface area contributed by atoms with Crippen molar-refractivity contribution in [3.8, 4) is 5.75 Å². The number of carbonyl (C=O) groups excluding carboxylic acids is 1. The topological polar surface area (TPSA) is 93.8 Å². The van der Waals surface area contributed by atoms with Gasteiger partial charge in [0.05, 0.1) is 16.7 Å². The summed E-state index contributed by atoms with van der Waals surface area (Å²) in [4.78, 5) is 22.3. The fourth-order valence-corrected chi connectivity index (χ4v) is 2.00. The van der Waals surface area contributed by atoms with Gasteiger partial charge in [0, 0.05) is 11.1 Å². The number of para-hydroxylation sites is 1. The number of nitro benzene ring substituents is 1. The van der Waals surface area contributed by atoms with Crippen LogP contribution in [0.5, 0.6) is 5.75 Å². The largest absolute Gasteiger partial charge is 0.481 e. The van der Waals surface area contributed by atoms with E-state index in [9.17, 15) is 14.9 Å². The van der Waals surface area contributed by atoms with Crippen molar-refractivity contribution in [2.24, 2.45) is 5.10 Å². The highest BCUT2D eigenvalue weighted by atomic mass is 35.5. The number of nitrogens with one attached hydrogen (secondary N) is 1. The smallest absolute Gasteiger partial charge is 0.280 e. The van der Waals surface area contributed by atoms with Gasteiger partial charge in [-0.15, -0.1) is 0 Å². The minimum absolute atomic E-state index is 0.0984.